The molecule has 0 saturated carbocycles. The van der Waals surface area contributed by atoms with Gasteiger partial charge in [0.05, 0.1) is 63.9 Å². The molecule has 0 spiro atoms. The number of nitrogens with one attached hydrogen (secondary N) is 3. The van der Waals surface area contributed by atoms with E-state index in [1.54, 1.807) is 6.08 Å². The van der Waals surface area contributed by atoms with Crippen molar-refractivity contribution in [2.75, 3.05) is 39.6 Å². The van der Waals surface area contributed by atoms with E-state index < -0.39 is 235 Å². The molecule has 0 aliphatic carbocycles. The van der Waals surface area contributed by atoms with Gasteiger partial charge in [-0.3, -0.25) is 14.4 Å². The highest BCUT2D eigenvalue weighted by atomic mass is 16.8. The topological polar surface area (TPSA) is 541 Å². The molecule has 0 aromatic rings. The van der Waals surface area contributed by atoms with Crippen molar-refractivity contribution in [3.05, 3.63) is 12.2 Å². The van der Waals surface area contributed by atoms with Crippen molar-refractivity contribution in [1.82, 2.24) is 16.0 Å². The van der Waals surface area contributed by atoms with Gasteiger partial charge in [0.15, 0.2) is 25.2 Å². The minimum absolute atomic E-state index is 0.135. The maximum absolute atomic E-state index is 13.8. The molecule has 5 fully saturated rings. The number of carboxylic acid groups (broad SMARTS) is 1. The van der Waals surface area contributed by atoms with E-state index in [9.17, 15) is 106 Å². The van der Waals surface area contributed by atoms with Crippen molar-refractivity contribution in [2.24, 2.45) is 0 Å². The van der Waals surface area contributed by atoms with Gasteiger partial charge in [0.25, 0.3) is 5.79 Å². The fourth-order valence-electron chi connectivity index (χ4n) is 14.3. The number of ether oxygens (including phenoxy) is 10. The number of hydrogen-bond donors (Lipinski definition) is 20. The van der Waals surface area contributed by atoms with Crippen LogP contribution in [0.25, 0.3) is 0 Å². The number of allylic oxidation sites excluding steroid dienone is 1. The Morgan fingerprint density at radius 1 is 0.486 bits per heavy atom. The summed E-state index contributed by atoms with van der Waals surface area (Å²) in [4.78, 5) is 53.0. The molecule has 0 bridgehead atoms. The zero-order valence-electron chi connectivity index (χ0n) is 62.8. The number of carbonyl (C=O) groups excluding carboxylic acids is 3. The van der Waals surface area contributed by atoms with Crippen LogP contribution in [-0.4, -0.2) is 321 Å². The molecule has 0 radical (unpaired) electrons. The van der Waals surface area contributed by atoms with E-state index in [0.29, 0.717) is 12.8 Å². The number of rotatable bonds is 52. The van der Waals surface area contributed by atoms with Gasteiger partial charge >= 0.3 is 5.97 Å². The van der Waals surface area contributed by atoms with Crippen molar-refractivity contribution in [2.45, 2.75) is 385 Å². The van der Waals surface area contributed by atoms with E-state index >= 15 is 0 Å². The zero-order chi connectivity index (χ0) is 78.8. The quantitative estimate of drug-likeness (QED) is 0.0255. The van der Waals surface area contributed by atoms with Crippen LogP contribution in [0.5, 0.6) is 0 Å². The Morgan fingerprint density at radius 2 is 0.925 bits per heavy atom. The number of aliphatic hydroxyl groups is 16. The van der Waals surface area contributed by atoms with Crippen molar-refractivity contribution >= 4 is 23.7 Å². The fourth-order valence-corrected chi connectivity index (χ4v) is 14.3. The van der Waals surface area contributed by atoms with Crippen molar-refractivity contribution in [3.8, 4) is 0 Å². The van der Waals surface area contributed by atoms with Crippen molar-refractivity contribution < 1.29 is 153 Å². The summed E-state index contributed by atoms with van der Waals surface area (Å²) >= 11 is 0. The monoisotopic (exact) mass is 1550 g/mol. The maximum atomic E-state index is 13.8. The van der Waals surface area contributed by atoms with Gasteiger partial charge in [0, 0.05) is 26.7 Å². The highest BCUT2D eigenvalue weighted by molar-refractivity contribution is 5.77. The first kappa shape index (κ1) is 94.2. The molecule has 107 heavy (non-hydrogen) atoms. The van der Waals surface area contributed by atoms with Crippen LogP contribution in [0.1, 0.15) is 214 Å². The van der Waals surface area contributed by atoms with Gasteiger partial charge in [0.2, 0.25) is 17.7 Å². The molecular formula is C73H131N3O31. The molecule has 624 valence electrons. The molecule has 20 N–H and O–H groups in total. The SMILES string of the molecule is CCCCCCCCCCCCC/C=C/[C@H](O)[C@@H](CO[C@@H]1O[C@H](CO)[C@@H](O[C@@H]2O[C@H](CO)[C@H](O[C@@H]3O[C@H](CO)[C@H](O)[C@H](O[C@@H]4O[C@H](CO)[C@H](O)[C@H](O)[C@H]4O)[C@H]3NC(C)=O)[C@H](O[C@]3(C(=O)O)C[C@H](O)[C@@H](NC(C)=O)[C@H]([C@H](O)[C@H](O)CO)O3)[C@H]2O)[C@H](O)[C@H]1O)NC(=O)CCCCCCCCCCCCCCCCC. The van der Waals surface area contributed by atoms with Gasteiger partial charge < -0.3 is 150 Å². The number of aliphatic carboxylic acids is 1. The van der Waals surface area contributed by atoms with Crippen LogP contribution in [0.15, 0.2) is 12.2 Å². The molecule has 0 unspecified atom stereocenters. The van der Waals surface area contributed by atoms with E-state index in [-0.39, 0.29) is 12.3 Å². The fraction of sp³-hybridized carbons (Fsp3) is 0.918. The third kappa shape index (κ3) is 29.2. The standard InChI is InChI=1S/C73H131N3O31/c1-5-7-9-11-13-15-17-19-20-22-24-26-28-30-32-34-52(87)76-44(45(84)33-31-29-27-25-23-21-18-16-14-12-10-8-6-2)41-98-69-61(94)59(92)63(50(39-80)101-69)103-71-62(95)67(107-73(72(96)97)35-46(85)53(74-42(3)82)66(106-73)55(88)47(86)36-77)64(51(40-81)102-71)104-68-54(75-43(4)83)65(57(90)49(38-79)99-68)105-70-60(93)58(91)56(89)48(37-78)100-70/h31,33,44-51,53-71,77-81,84-86,88-95H,5-30,32,34-41H2,1-4H3,(H,74,82)(H,75,83)(H,76,87)(H,96,97)/b33-31+/t44-,45+,46+,47-,48-,49-,50-,51-,53-,54-,55-,56+,57+,58+,59-,60-,61-,62-,63-,64+,65-,66-,67-,68+,69-,70+,71+,73+/m1/s1. The predicted octanol–water partition coefficient (Wildman–Crippen LogP) is -1.04. The van der Waals surface area contributed by atoms with Crippen molar-refractivity contribution in [3.63, 3.8) is 0 Å². The highest BCUT2D eigenvalue weighted by Gasteiger charge is 2.62. The number of amides is 3. The van der Waals surface area contributed by atoms with E-state index in [2.05, 4.69) is 29.8 Å². The van der Waals surface area contributed by atoms with Gasteiger partial charge in [-0.25, -0.2) is 4.79 Å². The number of unbranched alkanes of at least 4 members (excludes halogenated alkanes) is 25. The van der Waals surface area contributed by atoms with E-state index in [1.165, 1.54) is 103 Å². The summed E-state index contributed by atoms with van der Waals surface area (Å²) in [5.41, 5.74) is 0. The van der Waals surface area contributed by atoms with Gasteiger partial charge in [0.1, 0.15) is 116 Å². The van der Waals surface area contributed by atoms with E-state index in [0.717, 1.165) is 71.6 Å². The van der Waals surface area contributed by atoms with Crippen molar-refractivity contribution in [1.29, 1.82) is 0 Å². The lowest BCUT2D eigenvalue weighted by Gasteiger charge is -2.52. The first-order valence-corrected chi connectivity index (χ1v) is 39.1. The van der Waals surface area contributed by atoms with Crippen LogP contribution in [0.2, 0.25) is 0 Å². The highest BCUT2D eigenvalue weighted by Crippen LogP contribution is 2.41. The number of aliphatic hydroxyl groups excluding tert-OH is 16. The summed E-state index contributed by atoms with van der Waals surface area (Å²) < 4.78 is 60.1. The van der Waals surface area contributed by atoms with Gasteiger partial charge in [-0.1, -0.05) is 180 Å². The summed E-state index contributed by atoms with van der Waals surface area (Å²) in [7, 11) is 0. The normalized spacial score (nSPS) is 34.6. The molecule has 5 rings (SSSR count). The Labute approximate surface area is 627 Å². The summed E-state index contributed by atoms with van der Waals surface area (Å²) in [6, 6.07) is -4.81. The van der Waals surface area contributed by atoms with Crippen LogP contribution in [0, 0.1) is 0 Å². The first-order valence-electron chi connectivity index (χ1n) is 39.1. The molecular weight excluding hydrogens is 1410 g/mol. The minimum Gasteiger partial charge on any atom is -0.477 e. The Bertz CT molecular complexity index is 2500. The summed E-state index contributed by atoms with van der Waals surface area (Å²) in [5, 5.41) is 197. The van der Waals surface area contributed by atoms with Gasteiger partial charge in [-0.15, -0.1) is 0 Å². The first-order chi connectivity index (χ1) is 51.3. The van der Waals surface area contributed by atoms with Crippen LogP contribution >= 0.6 is 0 Å². The van der Waals surface area contributed by atoms with E-state index in [4.69, 9.17) is 47.4 Å². The number of carbonyl (C=O) groups is 4. The lowest BCUT2D eigenvalue weighted by Crippen LogP contribution is -2.72. The molecule has 3 amide bonds. The molecule has 5 aliphatic heterocycles. The third-order valence-electron chi connectivity index (χ3n) is 20.6. The predicted molar refractivity (Wildman–Crippen MR) is 378 cm³/mol. The molecule has 34 nitrogen and oxygen atoms in total. The number of hydrogen-bond acceptors (Lipinski definition) is 30. The average molecular weight is 1550 g/mol. The second kappa shape index (κ2) is 49.9. The maximum Gasteiger partial charge on any atom is 0.364 e. The number of carboxylic acids is 1. The molecule has 5 aliphatic rings. The summed E-state index contributed by atoms with van der Waals surface area (Å²) in [6.07, 6.45) is -16.8. The van der Waals surface area contributed by atoms with Crippen LogP contribution in [0.4, 0.5) is 0 Å². The second-order valence-electron chi connectivity index (χ2n) is 29.3. The third-order valence-corrected chi connectivity index (χ3v) is 20.6. The Hall–Kier alpha value is -3.42. The molecule has 34 heteroatoms. The van der Waals surface area contributed by atoms with Crippen LogP contribution < -0.4 is 16.0 Å². The summed E-state index contributed by atoms with van der Waals surface area (Å²) in [6.45, 7) is 0.317. The van der Waals surface area contributed by atoms with E-state index in [1.807, 2.05) is 6.08 Å². The Morgan fingerprint density at radius 3 is 1.44 bits per heavy atom. The van der Waals surface area contributed by atoms with Crippen LogP contribution in [-0.2, 0) is 66.5 Å². The smallest absolute Gasteiger partial charge is 0.364 e. The molecule has 28 atom stereocenters. The summed E-state index contributed by atoms with van der Waals surface area (Å²) in [5.74, 6) is -7.71. The lowest BCUT2D eigenvalue weighted by molar-refractivity contribution is -0.403. The average Bonchev–Trinajstić information content (AvgIpc) is 0.750. The molecule has 5 heterocycles. The minimum atomic E-state index is -3.38. The Balaban J connectivity index is 1.40. The van der Waals surface area contributed by atoms with Gasteiger partial charge in [-0.05, 0) is 19.3 Å². The van der Waals surface area contributed by atoms with Gasteiger partial charge in [-0.2, -0.15) is 0 Å². The van der Waals surface area contributed by atoms with Crippen LogP contribution in [0.3, 0.4) is 0 Å². The lowest BCUT2D eigenvalue weighted by atomic mass is 9.88. The molecule has 0 aromatic carbocycles. The second-order valence-corrected chi connectivity index (χ2v) is 29.3. The zero-order valence-corrected chi connectivity index (χ0v) is 62.8. The molecule has 5 saturated heterocycles. The molecule has 0 aromatic heterocycles. The largest absolute Gasteiger partial charge is 0.477 e. The Kier molecular flexibility index (Phi) is 44.0.